The molecule has 0 aliphatic carbocycles. The van der Waals surface area contributed by atoms with Crippen molar-refractivity contribution in [3.8, 4) is 17.5 Å². The average Bonchev–Trinajstić information content (AvgIpc) is 3.23. The third-order valence-electron chi connectivity index (χ3n) is 2.68. The van der Waals surface area contributed by atoms with Gasteiger partial charge in [0.05, 0.1) is 16.9 Å². The number of amides is 1. The van der Waals surface area contributed by atoms with E-state index in [9.17, 15) is 4.79 Å². The summed E-state index contributed by atoms with van der Waals surface area (Å²) in [6.45, 7) is 0. The molecule has 0 aliphatic heterocycles. The number of hydrogen-bond acceptors (Lipinski definition) is 8. The zero-order valence-corrected chi connectivity index (χ0v) is 13.2. The van der Waals surface area contributed by atoms with Crippen molar-refractivity contribution < 1.29 is 9.21 Å². The van der Waals surface area contributed by atoms with Crippen LogP contribution in [0, 0.1) is 11.3 Å². The van der Waals surface area contributed by atoms with Crippen molar-refractivity contribution in [2.24, 2.45) is 0 Å². The molecule has 3 rings (SSSR count). The number of nitrogens with one attached hydrogen (secondary N) is 1. The van der Waals surface area contributed by atoms with Crippen LogP contribution in [0.2, 0.25) is 0 Å². The van der Waals surface area contributed by atoms with Crippen molar-refractivity contribution in [3.63, 3.8) is 0 Å². The molecule has 0 bridgehead atoms. The molecule has 3 aromatic heterocycles. The van der Waals surface area contributed by atoms with Crippen molar-refractivity contribution >= 4 is 34.0 Å². The SMILES string of the molecule is N#Cc1ccsc1NC(=O)CSc1nnc(-c2cccnc2)o1. The molecule has 3 aromatic rings. The minimum Gasteiger partial charge on any atom is -0.411 e. The number of thioether (sulfide) groups is 1. The summed E-state index contributed by atoms with van der Waals surface area (Å²) in [4.78, 5) is 15.9. The molecule has 0 aliphatic rings. The van der Waals surface area contributed by atoms with Crippen LogP contribution in [0.3, 0.4) is 0 Å². The summed E-state index contributed by atoms with van der Waals surface area (Å²) < 4.78 is 5.47. The number of hydrogen-bond donors (Lipinski definition) is 1. The van der Waals surface area contributed by atoms with Crippen LogP contribution in [0.1, 0.15) is 5.56 Å². The maximum Gasteiger partial charge on any atom is 0.277 e. The first kappa shape index (κ1) is 15.2. The van der Waals surface area contributed by atoms with Gasteiger partial charge >= 0.3 is 0 Å². The van der Waals surface area contributed by atoms with Gasteiger partial charge in [-0.15, -0.1) is 21.5 Å². The Hall–Kier alpha value is -2.70. The van der Waals surface area contributed by atoms with Crippen LogP contribution < -0.4 is 5.32 Å². The van der Waals surface area contributed by atoms with Gasteiger partial charge < -0.3 is 9.73 Å². The lowest BCUT2D eigenvalue weighted by molar-refractivity contribution is -0.113. The van der Waals surface area contributed by atoms with E-state index in [0.29, 0.717) is 27.2 Å². The highest BCUT2D eigenvalue weighted by atomic mass is 32.2. The summed E-state index contributed by atoms with van der Waals surface area (Å²) >= 11 is 2.43. The highest BCUT2D eigenvalue weighted by Gasteiger charge is 2.13. The Kier molecular flexibility index (Phi) is 4.65. The number of carbonyl (C=O) groups excluding carboxylic acids is 1. The van der Waals surface area contributed by atoms with Gasteiger partial charge in [-0.1, -0.05) is 11.8 Å². The highest BCUT2D eigenvalue weighted by Crippen LogP contribution is 2.24. The average molecular weight is 343 g/mol. The summed E-state index contributed by atoms with van der Waals surface area (Å²) in [5.41, 5.74) is 1.17. The van der Waals surface area contributed by atoms with Crippen molar-refractivity contribution in [1.29, 1.82) is 5.26 Å². The minimum atomic E-state index is -0.241. The van der Waals surface area contributed by atoms with Gasteiger partial charge in [0, 0.05) is 12.4 Å². The maximum atomic E-state index is 11.9. The fourth-order valence-electron chi connectivity index (χ4n) is 1.66. The van der Waals surface area contributed by atoms with Crippen LogP contribution in [0.25, 0.3) is 11.5 Å². The monoisotopic (exact) mass is 343 g/mol. The largest absolute Gasteiger partial charge is 0.411 e. The molecule has 3 heterocycles. The number of anilines is 1. The maximum absolute atomic E-state index is 11.9. The molecule has 0 saturated carbocycles. The Morgan fingerprint density at radius 3 is 3.13 bits per heavy atom. The van der Waals surface area contributed by atoms with E-state index in [1.807, 2.05) is 12.1 Å². The Morgan fingerprint density at radius 2 is 2.35 bits per heavy atom. The van der Waals surface area contributed by atoms with Gasteiger partial charge in [-0.25, -0.2) is 0 Å². The Balaban J connectivity index is 1.58. The van der Waals surface area contributed by atoms with E-state index < -0.39 is 0 Å². The summed E-state index contributed by atoms with van der Waals surface area (Å²) in [6.07, 6.45) is 3.27. The summed E-state index contributed by atoms with van der Waals surface area (Å²) in [5.74, 6) is 0.221. The van der Waals surface area contributed by atoms with Crippen LogP contribution in [-0.4, -0.2) is 26.8 Å². The van der Waals surface area contributed by atoms with E-state index in [0.717, 1.165) is 11.8 Å². The third kappa shape index (κ3) is 3.74. The molecule has 1 N–H and O–H groups in total. The highest BCUT2D eigenvalue weighted by molar-refractivity contribution is 7.99. The Morgan fingerprint density at radius 1 is 1.43 bits per heavy atom. The lowest BCUT2D eigenvalue weighted by Gasteiger charge is -2.01. The van der Waals surface area contributed by atoms with E-state index in [4.69, 9.17) is 9.68 Å². The number of pyridine rings is 1. The number of nitrogens with zero attached hydrogens (tertiary/aromatic N) is 4. The second-order valence-electron chi connectivity index (χ2n) is 4.23. The molecule has 1 amide bonds. The Labute approximate surface area is 139 Å². The van der Waals surface area contributed by atoms with Gasteiger partial charge in [-0.05, 0) is 23.6 Å². The van der Waals surface area contributed by atoms with Crippen LogP contribution >= 0.6 is 23.1 Å². The topological polar surface area (TPSA) is 105 Å². The fraction of sp³-hybridized carbons (Fsp3) is 0.0714. The smallest absolute Gasteiger partial charge is 0.277 e. The molecular formula is C14H9N5O2S2. The van der Waals surface area contributed by atoms with E-state index in [-0.39, 0.29) is 11.7 Å². The molecule has 0 saturated heterocycles. The van der Waals surface area contributed by atoms with Crippen molar-refractivity contribution in [1.82, 2.24) is 15.2 Å². The predicted octanol–water partition coefficient (Wildman–Crippen LogP) is 2.80. The number of nitriles is 1. The van der Waals surface area contributed by atoms with Crippen molar-refractivity contribution in [2.45, 2.75) is 5.22 Å². The second-order valence-corrected chi connectivity index (χ2v) is 6.07. The lowest BCUT2D eigenvalue weighted by Crippen LogP contribution is -2.13. The van der Waals surface area contributed by atoms with Gasteiger partial charge in [-0.3, -0.25) is 9.78 Å². The molecule has 0 spiro atoms. The number of carbonyl (C=O) groups is 1. The molecule has 0 fully saturated rings. The summed E-state index contributed by atoms with van der Waals surface area (Å²) in [5, 5.41) is 22.0. The minimum absolute atomic E-state index is 0.109. The van der Waals surface area contributed by atoms with Crippen LogP contribution in [0.15, 0.2) is 45.6 Å². The van der Waals surface area contributed by atoms with Crippen molar-refractivity contribution in [3.05, 3.63) is 41.5 Å². The van der Waals surface area contributed by atoms with Crippen molar-refractivity contribution in [2.75, 3.05) is 11.1 Å². The fourth-order valence-corrected chi connectivity index (χ4v) is 2.97. The molecule has 9 heteroatoms. The third-order valence-corrected chi connectivity index (χ3v) is 4.33. The van der Waals surface area contributed by atoms with E-state index in [1.54, 1.807) is 29.9 Å². The molecule has 23 heavy (non-hydrogen) atoms. The standard InChI is InChI=1S/C14H9N5O2S2/c15-6-9-3-5-22-13(9)17-11(20)8-23-14-19-18-12(21-14)10-2-1-4-16-7-10/h1-5,7H,8H2,(H,17,20). The summed E-state index contributed by atoms with van der Waals surface area (Å²) in [7, 11) is 0. The number of rotatable bonds is 5. The molecule has 114 valence electrons. The molecule has 0 atom stereocenters. The number of aromatic nitrogens is 3. The van der Waals surface area contributed by atoms with Crippen LogP contribution in [0.4, 0.5) is 5.00 Å². The van der Waals surface area contributed by atoms with Crippen LogP contribution in [0.5, 0.6) is 0 Å². The van der Waals surface area contributed by atoms with Gasteiger partial charge in [0.25, 0.3) is 5.22 Å². The van der Waals surface area contributed by atoms with Gasteiger partial charge in [0.2, 0.25) is 11.8 Å². The second kappa shape index (κ2) is 7.04. The van der Waals surface area contributed by atoms with Gasteiger partial charge in [0.15, 0.2) is 0 Å². The first-order chi connectivity index (χ1) is 11.3. The molecule has 0 aromatic carbocycles. The van der Waals surface area contributed by atoms with Gasteiger partial charge in [0.1, 0.15) is 11.1 Å². The van der Waals surface area contributed by atoms with E-state index in [2.05, 4.69) is 20.5 Å². The Bertz CT molecular complexity index is 853. The predicted molar refractivity (Wildman–Crippen MR) is 85.9 cm³/mol. The van der Waals surface area contributed by atoms with E-state index in [1.165, 1.54) is 11.3 Å². The first-order valence-corrected chi connectivity index (χ1v) is 8.27. The zero-order chi connectivity index (χ0) is 16.1. The lowest BCUT2D eigenvalue weighted by atomic mass is 10.3. The molecule has 0 unspecified atom stereocenters. The summed E-state index contributed by atoms with van der Waals surface area (Å²) in [6, 6.07) is 7.26. The zero-order valence-electron chi connectivity index (χ0n) is 11.6. The molecule has 7 nitrogen and oxygen atoms in total. The first-order valence-electron chi connectivity index (χ1n) is 6.40. The number of thiophene rings is 1. The molecular weight excluding hydrogens is 334 g/mol. The normalized spacial score (nSPS) is 10.2. The quantitative estimate of drug-likeness (QED) is 0.710. The van der Waals surface area contributed by atoms with Gasteiger partial charge in [-0.2, -0.15) is 5.26 Å². The molecule has 0 radical (unpaired) electrons. The van der Waals surface area contributed by atoms with Crippen LogP contribution in [-0.2, 0) is 4.79 Å². The van der Waals surface area contributed by atoms with E-state index >= 15 is 0 Å².